The predicted molar refractivity (Wildman–Crippen MR) is 127 cm³/mol. The first-order valence-corrected chi connectivity index (χ1v) is 10.8. The fourth-order valence-electron chi connectivity index (χ4n) is 3.31. The highest BCUT2D eigenvalue weighted by Crippen LogP contribution is 2.36. The van der Waals surface area contributed by atoms with Crippen LogP contribution in [0.4, 0.5) is 14.9 Å². The van der Waals surface area contributed by atoms with Crippen molar-refractivity contribution < 1.29 is 23.5 Å². The molecule has 0 unspecified atom stereocenters. The average Bonchev–Trinajstić information content (AvgIpc) is 2.77. The first-order chi connectivity index (χ1) is 16.2. The van der Waals surface area contributed by atoms with Gasteiger partial charge in [0.25, 0.3) is 11.8 Å². The van der Waals surface area contributed by atoms with Crippen LogP contribution in [0.3, 0.4) is 0 Å². The van der Waals surface area contributed by atoms with Crippen LogP contribution < -0.4 is 15.0 Å². The second kappa shape index (κ2) is 9.67. The highest BCUT2D eigenvalue weighted by Gasteiger charge is 2.37. The number of hydrogen-bond donors (Lipinski definition) is 1. The van der Waals surface area contributed by atoms with E-state index in [-0.39, 0.29) is 33.7 Å². The molecule has 0 atom stereocenters. The Morgan fingerprint density at radius 1 is 1.00 bits per heavy atom. The lowest BCUT2D eigenvalue weighted by Gasteiger charge is -2.26. The van der Waals surface area contributed by atoms with Crippen LogP contribution >= 0.6 is 23.2 Å². The summed E-state index contributed by atoms with van der Waals surface area (Å²) in [5.74, 6) is -2.19. The van der Waals surface area contributed by atoms with Crippen molar-refractivity contribution in [2.45, 2.75) is 13.5 Å². The molecule has 4 rings (SSSR count). The van der Waals surface area contributed by atoms with E-state index in [4.69, 9.17) is 27.9 Å². The maximum absolute atomic E-state index is 13.6. The lowest BCUT2D eigenvalue weighted by Crippen LogP contribution is -2.54. The summed E-state index contributed by atoms with van der Waals surface area (Å²) in [5.41, 5.74) is 2.03. The number of amides is 4. The van der Waals surface area contributed by atoms with Gasteiger partial charge in [-0.25, -0.2) is 14.1 Å². The molecule has 0 spiro atoms. The van der Waals surface area contributed by atoms with E-state index in [1.54, 1.807) is 0 Å². The average molecular weight is 499 g/mol. The standard InChI is InChI=1S/C25H17Cl2FN2O4/c1-14-5-7-15(8-6-14)13-34-22-20(26)10-16(11-21(22)27)9-19-23(31)29-25(33)30(24(19)32)18-4-2-3-17(28)12-18/h2-12H,13H2,1H3,(H,29,31,33)/b19-9+. The molecule has 0 saturated carbocycles. The number of carbonyl (C=O) groups is 3. The zero-order valence-corrected chi connectivity index (χ0v) is 19.3. The summed E-state index contributed by atoms with van der Waals surface area (Å²) in [6.07, 6.45) is 1.25. The fourth-order valence-corrected chi connectivity index (χ4v) is 3.93. The number of halogens is 3. The number of ether oxygens (including phenoxy) is 1. The third-order valence-electron chi connectivity index (χ3n) is 5.00. The molecule has 172 valence electrons. The summed E-state index contributed by atoms with van der Waals surface area (Å²) >= 11 is 12.7. The smallest absolute Gasteiger partial charge is 0.335 e. The number of imide groups is 2. The minimum absolute atomic E-state index is 0.0168. The summed E-state index contributed by atoms with van der Waals surface area (Å²) in [6.45, 7) is 2.22. The van der Waals surface area contributed by atoms with Crippen LogP contribution in [-0.4, -0.2) is 17.8 Å². The quantitative estimate of drug-likeness (QED) is 0.362. The van der Waals surface area contributed by atoms with Gasteiger partial charge in [-0.3, -0.25) is 14.9 Å². The van der Waals surface area contributed by atoms with Gasteiger partial charge in [-0.15, -0.1) is 0 Å². The maximum atomic E-state index is 13.6. The van der Waals surface area contributed by atoms with E-state index in [9.17, 15) is 18.8 Å². The van der Waals surface area contributed by atoms with Crippen LogP contribution in [0.25, 0.3) is 6.08 Å². The van der Waals surface area contributed by atoms with Crippen molar-refractivity contribution >= 4 is 52.8 Å². The molecule has 0 radical (unpaired) electrons. The van der Waals surface area contributed by atoms with Gasteiger partial charge in [0.1, 0.15) is 18.0 Å². The normalized spacial score (nSPS) is 15.0. The number of barbiturate groups is 1. The van der Waals surface area contributed by atoms with E-state index in [1.165, 1.54) is 36.4 Å². The van der Waals surface area contributed by atoms with E-state index in [0.717, 1.165) is 17.2 Å². The van der Waals surface area contributed by atoms with E-state index >= 15 is 0 Å². The molecule has 1 heterocycles. The minimum atomic E-state index is -0.978. The molecule has 34 heavy (non-hydrogen) atoms. The van der Waals surface area contributed by atoms with Crippen molar-refractivity contribution in [3.05, 3.63) is 98.8 Å². The number of nitrogens with one attached hydrogen (secondary N) is 1. The van der Waals surface area contributed by atoms with E-state index in [1.807, 2.05) is 31.2 Å². The number of nitrogens with zero attached hydrogens (tertiary/aromatic N) is 1. The third-order valence-corrected chi connectivity index (χ3v) is 5.56. The van der Waals surface area contributed by atoms with Gasteiger partial charge in [-0.05, 0) is 54.5 Å². The number of urea groups is 1. The van der Waals surface area contributed by atoms with Crippen LogP contribution in [0.2, 0.25) is 10.0 Å². The zero-order chi connectivity index (χ0) is 24.4. The summed E-state index contributed by atoms with van der Waals surface area (Å²) in [7, 11) is 0. The van der Waals surface area contributed by atoms with Gasteiger partial charge in [-0.2, -0.15) is 0 Å². The van der Waals surface area contributed by atoms with Crippen molar-refractivity contribution in [3.63, 3.8) is 0 Å². The molecule has 6 nitrogen and oxygen atoms in total. The van der Waals surface area contributed by atoms with Gasteiger partial charge in [0.15, 0.2) is 5.75 Å². The predicted octanol–water partition coefficient (Wildman–Crippen LogP) is 5.69. The van der Waals surface area contributed by atoms with E-state index < -0.39 is 23.7 Å². The van der Waals surface area contributed by atoms with Crippen molar-refractivity contribution in [2.24, 2.45) is 0 Å². The molecule has 1 aliphatic heterocycles. The molecule has 0 bridgehead atoms. The van der Waals surface area contributed by atoms with E-state index in [2.05, 4.69) is 5.32 Å². The lowest BCUT2D eigenvalue weighted by molar-refractivity contribution is -0.122. The first-order valence-electron chi connectivity index (χ1n) is 10.1. The number of hydrogen-bond acceptors (Lipinski definition) is 4. The zero-order valence-electron chi connectivity index (χ0n) is 17.8. The molecule has 1 aliphatic rings. The molecular formula is C25H17Cl2FN2O4. The van der Waals surface area contributed by atoms with Gasteiger partial charge in [0.05, 0.1) is 15.7 Å². The molecule has 0 aromatic heterocycles. The second-order valence-corrected chi connectivity index (χ2v) is 8.34. The summed E-state index contributed by atoms with van der Waals surface area (Å²) in [4.78, 5) is 38.2. The van der Waals surface area contributed by atoms with Crippen molar-refractivity contribution in [1.29, 1.82) is 0 Å². The highest BCUT2D eigenvalue weighted by atomic mass is 35.5. The molecular weight excluding hydrogens is 482 g/mol. The van der Waals surface area contributed by atoms with Crippen molar-refractivity contribution in [2.75, 3.05) is 4.90 Å². The topological polar surface area (TPSA) is 75.7 Å². The van der Waals surface area contributed by atoms with Gasteiger partial charge >= 0.3 is 6.03 Å². The van der Waals surface area contributed by atoms with Crippen LogP contribution in [0.1, 0.15) is 16.7 Å². The Morgan fingerprint density at radius 3 is 2.32 bits per heavy atom. The Morgan fingerprint density at radius 2 is 1.68 bits per heavy atom. The van der Waals surface area contributed by atoms with Crippen LogP contribution in [0, 0.1) is 12.7 Å². The van der Waals surface area contributed by atoms with Crippen molar-refractivity contribution in [1.82, 2.24) is 5.32 Å². The Balaban J connectivity index is 1.60. The van der Waals surface area contributed by atoms with E-state index in [0.29, 0.717) is 10.5 Å². The lowest BCUT2D eigenvalue weighted by atomic mass is 10.1. The van der Waals surface area contributed by atoms with Gasteiger partial charge in [0.2, 0.25) is 0 Å². The first kappa shape index (κ1) is 23.5. The highest BCUT2D eigenvalue weighted by molar-refractivity contribution is 6.40. The molecule has 3 aromatic carbocycles. The summed E-state index contributed by atoms with van der Waals surface area (Å²) in [5, 5.41) is 2.43. The molecule has 0 aliphatic carbocycles. The number of aryl methyl sites for hydroxylation is 1. The van der Waals surface area contributed by atoms with Gasteiger partial charge in [0, 0.05) is 0 Å². The molecule has 1 N–H and O–H groups in total. The third kappa shape index (κ3) is 4.95. The monoisotopic (exact) mass is 498 g/mol. The number of rotatable bonds is 5. The molecule has 1 saturated heterocycles. The van der Waals surface area contributed by atoms with Crippen LogP contribution in [0.5, 0.6) is 5.75 Å². The van der Waals surface area contributed by atoms with Crippen molar-refractivity contribution in [3.8, 4) is 5.75 Å². The fraction of sp³-hybridized carbons (Fsp3) is 0.0800. The molecule has 4 amide bonds. The Hall–Kier alpha value is -3.68. The maximum Gasteiger partial charge on any atom is 0.335 e. The number of carbonyl (C=O) groups excluding carboxylic acids is 3. The summed E-state index contributed by atoms with van der Waals surface area (Å²) < 4.78 is 19.4. The second-order valence-electron chi connectivity index (χ2n) is 7.53. The SMILES string of the molecule is Cc1ccc(COc2c(Cl)cc(/C=C3\C(=O)NC(=O)N(c4cccc(F)c4)C3=O)cc2Cl)cc1. The van der Waals surface area contributed by atoms with Gasteiger partial charge in [-0.1, -0.05) is 59.1 Å². The molecule has 1 fully saturated rings. The Bertz CT molecular complexity index is 1320. The van der Waals surface area contributed by atoms with Gasteiger partial charge < -0.3 is 4.74 Å². The van der Waals surface area contributed by atoms with Crippen LogP contribution in [0.15, 0.2) is 66.2 Å². The summed E-state index contributed by atoms with van der Waals surface area (Å²) in [6, 6.07) is 14.7. The largest absolute Gasteiger partial charge is 0.486 e. The number of benzene rings is 3. The molecule has 3 aromatic rings. The molecule has 9 heteroatoms. The Kier molecular flexibility index (Phi) is 6.68. The van der Waals surface area contributed by atoms with Crippen LogP contribution in [-0.2, 0) is 16.2 Å². The minimum Gasteiger partial charge on any atom is -0.486 e. The Labute approximate surface area is 204 Å². The number of anilines is 1.